The van der Waals surface area contributed by atoms with E-state index in [2.05, 4.69) is 18.5 Å². The van der Waals surface area contributed by atoms with Crippen LogP contribution in [-0.4, -0.2) is 17.7 Å². The Bertz CT molecular complexity index is 243. The summed E-state index contributed by atoms with van der Waals surface area (Å²) >= 11 is 0. The van der Waals surface area contributed by atoms with Gasteiger partial charge in [-0.05, 0) is 13.3 Å². The van der Waals surface area contributed by atoms with Crippen molar-refractivity contribution in [2.24, 2.45) is 0 Å². The Kier molecular flexibility index (Phi) is 4.74. The lowest BCUT2D eigenvalue weighted by atomic mass is 10.0. The number of hydrogen-bond acceptors (Lipinski definition) is 2. The van der Waals surface area contributed by atoms with Crippen molar-refractivity contribution >= 4 is 11.7 Å². The summed E-state index contributed by atoms with van der Waals surface area (Å²) in [5, 5.41) is 2.55. The molecular formula is C10H15NO2. The van der Waals surface area contributed by atoms with Crippen molar-refractivity contribution in [3.63, 3.8) is 0 Å². The predicted molar refractivity (Wildman–Crippen MR) is 52.2 cm³/mol. The van der Waals surface area contributed by atoms with Crippen molar-refractivity contribution in [2.45, 2.75) is 26.3 Å². The van der Waals surface area contributed by atoms with Crippen molar-refractivity contribution in [3.05, 3.63) is 24.8 Å². The molecule has 0 aliphatic carbocycles. The van der Waals surface area contributed by atoms with Crippen molar-refractivity contribution in [1.29, 1.82) is 0 Å². The molecular weight excluding hydrogens is 166 g/mol. The molecule has 1 amide bonds. The maximum Gasteiger partial charge on any atom is 0.217 e. The lowest BCUT2D eigenvalue weighted by Gasteiger charge is -2.14. The second kappa shape index (κ2) is 5.30. The molecule has 13 heavy (non-hydrogen) atoms. The number of carbonyl (C=O) groups excluding carboxylic acids is 2. The molecule has 1 unspecified atom stereocenters. The van der Waals surface area contributed by atoms with Crippen LogP contribution < -0.4 is 5.32 Å². The minimum absolute atomic E-state index is 0.0711. The molecule has 0 aliphatic rings. The van der Waals surface area contributed by atoms with Crippen LogP contribution in [0.25, 0.3) is 0 Å². The molecule has 1 N–H and O–H groups in total. The van der Waals surface area contributed by atoms with Gasteiger partial charge in [-0.15, -0.1) is 0 Å². The van der Waals surface area contributed by atoms with Crippen molar-refractivity contribution in [1.82, 2.24) is 5.32 Å². The molecule has 72 valence electrons. The molecule has 0 aromatic rings. The van der Waals surface area contributed by atoms with Crippen LogP contribution in [-0.2, 0) is 9.59 Å². The van der Waals surface area contributed by atoms with Crippen LogP contribution in [0.1, 0.15) is 20.3 Å². The van der Waals surface area contributed by atoms with Crippen LogP contribution in [0, 0.1) is 0 Å². The van der Waals surface area contributed by atoms with E-state index >= 15 is 0 Å². The Labute approximate surface area is 78.5 Å². The second-order valence-corrected chi connectivity index (χ2v) is 2.93. The quantitative estimate of drug-likeness (QED) is 0.648. The van der Waals surface area contributed by atoms with Gasteiger partial charge in [-0.25, -0.2) is 0 Å². The van der Waals surface area contributed by atoms with E-state index in [0.29, 0.717) is 6.42 Å². The van der Waals surface area contributed by atoms with E-state index in [-0.39, 0.29) is 11.7 Å². The van der Waals surface area contributed by atoms with E-state index in [9.17, 15) is 9.59 Å². The van der Waals surface area contributed by atoms with Gasteiger partial charge in [0.05, 0.1) is 6.04 Å². The Morgan fingerprint density at radius 1 is 1.46 bits per heavy atom. The highest BCUT2D eigenvalue weighted by Crippen LogP contribution is 2.04. The molecule has 0 bridgehead atoms. The summed E-state index contributed by atoms with van der Waals surface area (Å²) in [6.07, 6.45) is 2.01. The SMILES string of the molecule is C=CC(=C)CC(NC(C)=O)C(C)=O. The number of ketones is 1. The topological polar surface area (TPSA) is 46.2 Å². The zero-order valence-electron chi connectivity index (χ0n) is 8.09. The Balaban J connectivity index is 4.26. The number of nitrogens with one attached hydrogen (secondary N) is 1. The number of hydrogen-bond donors (Lipinski definition) is 1. The first-order valence-corrected chi connectivity index (χ1v) is 4.05. The lowest BCUT2D eigenvalue weighted by molar-refractivity contribution is -0.125. The second-order valence-electron chi connectivity index (χ2n) is 2.93. The third-order valence-corrected chi connectivity index (χ3v) is 1.62. The predicted octanol–water partition coefficient (Wildman–Crippen LogP) is 1.21. The standard InChI is InChI=1S/C10H15NO2/c1-5-7(2)6-10(8(3)12)11-9(4)13/h5,10H,1-2,6H2,3-4H3,(H,11,13). The third kappa shape index (κ3) is 4.95. The number of allylic oxidation sites excluding steroid dienone is 1. The lowest BCUT2D eigenvalue weighted by Crippen LogP contribution is -2.38. The molecule has 0 saturated carbocycles. The Hall–Kier alpha value is -1.38. The maximum atomic E-state index is 11.0. The van der Waals surface area contributed by atoms with Gasteiger partial charge in [0.1, 0.15) is 0 Å². The molecule has 0 aliphatic heterocycles. The summed E-state index contributed by atoms with van der Waals surface area (Å²) in [7, 11) is 0. The summed E-state index contributed by atoms with van der Waals surface area (Å²) in [5.41, 5.74) is 0.744. The fraction of sp³-hybridized carbons (Fsp3) is 0.400. The zero-order valence-corrected chi connectivity index (χ0v) is 8.09. The van der Waals surface area contributed by atoms with E-state index in [1.54, 1.807) is 6.08 Å². The van der Waals surface area contributed by atoms with Crippen LogP contribution >= 0.6 is 0 Å². The Morgan fingerprint density at radius 2 is 2.00 bits per heavy atom. The van der Waals surface area contributed by atoms with E-state index in [0.717, 1.165) is 5.57 Å². The number of rotatable bonds is 5. The van der Waals surface area contributed by atoms with Crippen LogP contribution in [0.3, 0.4) is 0 Å². The van der Waals surface area contributed by atoms with Crippen LogP contribution in [0.15, 0.2) is 24.8 Å². The minimum Gasteiger partial charge on any atom is -0.346 e. The van der Waals surface area contributed by atoms with Crippen LogP contribution in [0.2, 0.25) is 0 Å². The van der Waals surface area contributed by atoms with Gasteiger partial charge in [0, 0.05) is 6.92 Å². The molecule has 0 heterocycles. The van der Waals surface area contributed by atoms with E-state index in [1.165, 1.54) is 13.8 Å². The van der Waals surface area contributed by atoms with Crippen LogP contribution in [0.5, 0.6) is 0 Å². The normalized spacial score (nSPS) is 11.5. The van der Waals surface area contributed by atoms with Gasteiger partial charge in [-0.3, -0.25) is 9.59 Å². The third-order valence-electron chi connectivity index (χ3n) is 1.62. The first-order chi connectivity index (χ1) is 5.97. The van der Waals surface area contributed by atoms with E-state index in [1.807, 2.05) is 0 Å². The summed E-state index contributed by atoms with van der Waals surface area (Å²) in [4.78, 5) is 21.8. The van der Waals surface area contributed by atoms with Crippen molar-refractivity contribution in [3.8, 4) is 0 Å². The summed E-state index contributed by atoms with van der Waals surface area (Å²) < 4.78 is 0. The first kappa shape index (κ1) is 11.6. The molecule has 3 nitrogen and oxygen atoms in total. The molecule has 0 radical (unpaired) electrons. The maximum absolute atomic E-state index is 11.0. The molecule has 0 fully saturated rings. The molecule has 0 aromatic heterocycles. The van der Waals surface area contributed by atoms with Crippen LogP contribution in [0.4, 0.5) is 0 Å². The van der Waals surface area contributed by atoms with Gasteiger partial charge in [-0.1, -0.05) is 24.8 Å². The first-order valence-electron chi connectivity index (χ1n) is 4.05. The van der Waals surface area contributed by atoms with Crippen molar-refractivity contribution < 1.29 is 9.59 Å². The monoisotopic (exact) mass is 181 g/mol. The molecule has 0 rings (SSSR count). The number of Topliss-reactive ketones (excluding diaryl/α,β-unsaturated/α-hetero) is 1. The Morgan fingerprint density at radius 3 is 2.31 bits per heavy atom. The van der Waals surface area contributed by atoms with Gasteiger partial charge < -0.3 is 5.32 Å². The minimum atomic E-state index is -0.469. The highest BCUT2D eigenvalue weighted by Gasteiger charge is 2.14. The molecule has 0 aromatic carbocycles. The van der Waals surface area contributed by atoms with Crippen molar-refractivity contribution in [2.75, 3.05) is 0 Å². The van der Waals surface area contributed by atoms with E-state index < -0.39 is 6.04 Å². The van der Waals surface area contributed by atoms with Gasteiger partial charge in [0.15, 0.2) is 5.78 Å². The highest BCUT2D eigenvalue weighted by molar-refractivity contribution is 5.86. The molecule has 3 heteroatoms. The fourth-order valence-electron chi connectivity index (χ4n) is 0.887. The van der Waals surface area contributed by atoms with Gasteiger partial charge in [0.25, 0.3) is 0 Å². The summed E-state index contributed by atoms with van der Waals surface area (Å²) in [5.74, 6) is -0.282. The summed E-state index contributed by atoms with van der Waals surface area (Å²) in [6, 6.07) is -0.469. The van der Waals surface area contributed by atoms with E-state index in [4.69, 9.17) is 0 Å². The van der Waals surface area contributed by atoms with Gasteiger partial charge >= 0.3 is 0 Å². The smallest absolute Gasteiger partial charge is 0.217 e. The average molecular weight is 181 g/mol. The molecule has 1 atom stereocenters. The average Bonchev–Trinajstić information content (AvgIpc) is 2.02. The number of carbonyl (C=O) groups is 2. The summed E-state index contributed by atoms with van der Waals surface area (Å²) in [6.45, 7) is 10.0. The fourth-order valence-corrected chi connectivity index (χ4v) is 0.887. The zero-order chi connectivity index (χ0) is 10.4. The molecule has 0 saturated heterocycles. The van der Waals surface area contributed by atoms with Gasteiger partial charge in [-0.2, -0.15) is 0 Å². The highest BCUT2D eigenvalue weighted by atomic mass is 16.2. The largest absolute Gasteiger partial charge is 0.346 e. The number of amides is 1. The molecule has 0 spiro atoms. The van der Waals surface area contributed by atoms with Gasteiger partial charge in [0.2, 0.25) is 5.91 Å².